The van der Waals surface area contributed by atoms with Crippen molar-refractivity contribution in [3.63, 3.8) is 0 Å². The molecular formula is C9H14. The molecule has 3 atom stereocenters. The minimum Gasteiger partial charge on any atom is -0.103 e. The monoisotopic (exact) mass is 122 g/mol. The molecule has 0 aromatic heterocycles. The van der Waals surface area contributed by atoms with Crippen molar-refractivity contribution in [1.82, 2.24) is 0 Å². The largest absolute Gasteiger partial charge is 0.103 e. The molecule has 2 rings (SSSR count). The van der Waals surface area contributed by atoms with E-state index in [-0.39, 0.29) is 0 Å². The lowest BCUT2D eigenvalue weighted by Gasteiger charge is -2.16. The van der Waals surface area contributed by atoms with Crippen LogP contribution >= 0.6 is 0 Å². The van der Waals surface area contributed by atoms with Crippen LogP contribution in [0.3, 0.4) is 0 Å². The first-order chi connectivity index (χ1) is 4.40. The van der Waals surface area contributed by atoms with Crippen molar-refractivity contribution in [2.24, 2.45) is 17.8 Å². The van der Waals surface area contributed by atoms with E-state index < -0.39 is 0 Å². The summed E-state index contributed by atoms with van der Waals surface area (Å²) in [5.74, 6) is 3.01. The zero-order valence-electron chi connectivity index (χ0n) is 5.84. The first-order valence-electron chi connectivity index (χ1n) is 4.02. The maximum Gasteiger partial charge on any atom is -0.0205 e. The fourth-order valence-electron chi connectivity index (χ4n) is 2.58. The predicted molar refractivity (Wildman–Crippen MR) is 39.1 cm³/mol. The normalized spacial score (nSPS) is 47.8. The molecule has 0 spiro atoms. The third-order valence-electron chi connectivity index (χ3n) is 3.10. The van der Waals surface area contributed by atoms with E-state index in [0.29, 0.717) is 0 Å². The molecule has 50 valence electrons. The third kappa shape index (κ3) is 0.726. The highest BCUT2D eigenvalue weighted by Gasteiger charge is 2.37. The van der Waals surface area contributed by atoms with Crippen LogP contribution in [0.4, 0.5) is 0 Å². The number of fused-ring (bicyclic) bond motifs is 2. The molecule has 0 saturated heterocycles. The minimum absolute atomic E-state index is 0.892. The highest BCUT2D eigenvalue weighted by molar-refractivity contribution is 4.97. The molecule has 0 aromatic carbocycles. The van der Waals surface area contributed by atoms with Gasteiger partial charge in [0.25, 0.3) is 0 Å². The standard InChI is InChI=1S/C9H14/c1-2-8-5-7-3-4-9(8)6-7/h2,7-9H,1,3-6H2/t7-,8+,9+/m1/s1. The van der Waals surface area contributed by atoms with Crippen LogP contribution in [0.1, 0.15) is 25.7 Å². The van der Waals surface area contributed by atoms with E-state index in [9.17, 15) is 0 Å². The molecule has 2 bridgehead atoms. The van der Waals surface area contributed by atoms with Crippen molar-refractivity contribution in [3.8, 4) is 0 Å². The summed E-state index contributed by atoms with van der Waals surface area (Å²) in [6.07, 6.45) is 8.13. The van der Waals surface area contributed by atoms with Gasteiger partial charge in [-0.15, -0.1) is 6.58 Å². The molecule has 0 aliphatic heterocycles. The zero-order chi connectivity index (χ0) is 6.27. The Morgan fingerprint density at radius 1 is 1.22 bits per heavy atom. The number of hydrogen-bond donors (Lipinski definition) is 0. The molecule has 2 fully saturated rings. The second-order valence-corrected chi connectivity index (χ2v) is 3.57. The van der Waals surface area contributed by atoms with Gasteiger partial charge in [0.05, 0.1) is 0 Å². The van der Waals surface area contributed by atoms with Gasteiger partial charge in [-0.3, -0.25) is 0 Å². The van der Waals surface area contributed by atoms with Crippen molar-refractivity contribution in [3.05, 3.63) is 12.7 Å². The van der Waals surface area contributed by atoms with E-state index >= 15 is 0 Å². The summed E-state index contributed by atoms with van der Waals surface area (Å²) in [6.45, 7) is 3.86. The van der Waals surface area contributed by atoms with E-state index in [1.165, 1.54) is 25.7 Å². The predicted octanol–water partition coefficient (Wildman–Crippen LogP) is 2.61. The number of rotatable bonds is 1. The van der Waals surface area contributed by atoms with Gasteiger partial charge in [-0.25, -0.2) is 0 Å². The molecule has 0 heteroatoms. The first kappa shape index (κ1) is 5.52. The number of hydrogen-bond acceptors (Lipinski definition) is 0. The third-order valence-corrected chi connectivity index (χ3v) is 3.10. The van der Waals surface area contributed by atoms with Crippen molar-refractivity contribution < 1.29 is 0 Å². The summed E-state index contributed by atoms with van der Waals surface area (Å²) < 4.78 is 0. The maximum absolute atomic E-state index is 3.86. The van der Waals surface area contributed by atoms with Crippen LogP contribution in [0.15, 0.2) is 12.7 Å². The fourth-order valence-corrected chi connectivity index (χ4v) is 2.58. The van der Waals surface area contributed by atoms with Crippen LogP contribution in [0.5, 0.6) is 0 Å². The Morgan fingerprint density at radius 2 is 2.11 bits per heavy atom. The lowest BCUT2D eigenvalue weighted by molar-refractivity contribution is 0.395. The van der Waals surface area contributed by atoms with Gasteiger partial charge >= 0.3 is 0 Å². The topological polar surface area (TPSA) is 0 Å². The Morgan fingerprint density at radius 3 is 2.44 bits per heavy atom. The van der Waals surface area contributed by atoms with Crippen LogP contribution in [0.2, 0.25) is 0 Å². The highest BCUT2D eigenvalue weighted by Crippen LogP contribution is 2.48. The molecule has 2 aliphatic carbocycles. The molecule has 0 radical (unpaired) electrons. The van der Waals surface area contributed by atoms with Crippen LogP contribution in [-0.2, 0) is 0 Å². The Hall–Kier alpha value is -0.260. The molecule has 0 unspecified atom stereocenters. The van der Waals surface area contributed by atoms with Gasteiger partial charge in [0.15, 0.2) is 0 Å². The van der Waals surface area contributed by atoms with Crippen molar-refractivity contribution in [2.45, 2.75) is 25.7 Å². The van der Waals surface area contributed by atoms with Gasteiger partial charge in [-0.1, -0.05) is 12.5 Å². The van der Waals surface area contributed by atoms with Crippen molar-refractivity contribution >= 4 is 0 Å². The lowest BCUT2D eigenvalue weighted by Crippen LogP contribution is -2.06. The molecule has 0 amide bonds. The first-order valence-corrected chi connectivity index (χ1v) is 4.02. The highest BCUT2D eigenvalue weighted by atomic mass is 14.4. The van der Waals surface area contributed by atoms with E-state index in [2.05, 4.69) is 12.7 Å². The summed E-state index contributed by atoms with van der Waals surface area (Å²) in [6, 6.07) is 0. The van der Waals surface area contributed by atoms with Crippen molar-refractivity contribution in [1.29, 1.82) is 0 Å². The van der Waals surface area contributed by atoms with Gasteiger partial charge < -0.3 is 0 Å². The van der Waals surface area contributed by atoms with E-state index in [4.69, 9.17) is 0 Å². The molecule has 0 nitrogen and oxygen atoms in total. The van der Waals surface area contributed by atoms with Crippen LogP contribution < -0.4 is 0 Å². The summed E-state index contributed by atoms with van der Waals surface area (Å²) in [5, 5.41) is 0. The van der Waals surface area contributed by atoms with Gasteiger partial charge in [-0.05, 0) is 37.0 Å². The van der Waals surface area contributed by atoms with Crippen LogP contribution in [0, 0.1) is 17.8 Å². The van der Waals surface area contributed by atoms with Crippen molar-refractivity contribution in [2.75, 3.05) is 0 Å². The molecule has 0 aromatic rings. The average Bonchev–Trinajstić information content (AvgIpc) is 2.45. The molecule has 9 heavy (non-hydrogen) atoms. The minimum atomic E-state index is 0.892. The summed E-state index contributed by atoms with van der Waals surface area (Å²) in [4.78, 5) is 0. The van der Waals surface area contributed by atoms with Gasteiger partial charge in [0.1, 0.15) is 0 Å². The lowest BCUT2D eigenvalue weighted by atomic mass is 9.89. The van der Waals surface area contributed by atoms with Crippen LogP contribution in [0.25, 0.3) is 0 Å². The maximum atomic E-state index is 3.86. The average molecular weight is 122 g/mol. The van der Waals surface area contributed by atoms with Gasteiger partial charge in [0.2, 0.25) is 0 Å². The van der Waals surface area contributed by atoms with E-state index in [1.54, 1.807) is 0 Å². The molecular weight excluding hydrogens is 108 g/mol. The Labute approximate surface area is 57.0 Å². The molecule has 2 aliphatic rings. The molecule has 0 N–H and O–H groups in total. The van der Waals surface area contributed by atoms with Crippen LogP contribution in [-0.4, -0.2) is 0 Å². The smallest absolute Gasteiger partial charge is 0.0205 e. The Bertz CT molecular complexity index is 126. The van der Waals surface area contributed by atoms with E-state index in [1.807, 2.05) is 0 Å². The van der Waals surface area contributed by atoms with Gasteiger partial charge in [0, 0.05) is 0 Å². The summed E-state index contributed by atoms with van der Waals surface area (Å²) in [5.41, 5.74) is 0. The zero-order valence-corrected chi connectivity index (χ0v) is 5.84. The summed E-state index contributed by atoms with van der Waals surface area (Å²) >= 11 is 0. The second-order valence-electron chi connectivity index (χ2n) is 3.57. The fraction of sp³-hybridized carbons (Fsp3) is 0.778. The molecule has 0 heterocycles. The number of allylic oxidation sites excluding steroid dienone is 1. The summed E-state index contributed by atoms with van der Waals surface area (Å²) in [7, 11) is 0. The van der Waals surface area contributed by atoms with Gasteiger partial charge in [-0.2, -0.15) is 0 Å². The molecule has 2 saturated carbocycles. The quantitative estimate of drug-likeness (QED) is 0.469. The SMILES string of the molecule is C=C[C@H]1C[C@H]2CC[C@H]1C2. The van der Waals surface area contributed by atoms with E-state index in [0.717, 1.165) is 17.8 Å². The Balaban J connectivity index is 2.09. The second kappa shape index (κ2) is 1.86. The Kier molecular flexibility index (Phi) is 1.14.